The second-order valence-electron chi connectivity index (χ2n) is 7.11. The molecule has 0 bridgehead atoms. The molecule has 3 rings (SSSR count). The van der Waals surface area contributed by atoms with Gasteiger partial charge < -0.3 is 5.11 Å². The van der Waals surface area contributed by atoms with E-state index in [2.05, 4.69) is 10.9 Å². The van der Waals surface area contributed by atoms with Crippen molar-refractivity contribution in [1.29, 1.82) is 0 Å². The first-order chi connectivity index (χ1) is 15.4. The van der Waals surface area contributed by atoms with Gasteiger partial charge >= 0.3 is 0 Å². The maximum atomic E-state index is 12.6. The van der Waals surface area contributed by atoms with Crippen LogP contribution < -0.4 is 10.9 Å². The number of rotatable bonds is 8. The molecule has 0 atom stereocenters. The molecule has 1 fully saturated rings. The topological polar surface area (TPSA) is 98.7 Å². The van der Waals surface area contributed by atoms with Crippen LogP contribution in [0.4, 0.5) is 0 Å². The van der Waals surface area contributed by atoms with Gasteiger partial charge in [-0.3, -0.25) is 30.1 Å². The predicted molar refractivity (Wildman–Crippen MR) is 129 cm³/mol. The number of unbranched alkanes of at least 4 members (excludes halogenated alkanes) is 2. The van der Waals surface area contributed by atoms with Crippen LogP contribution >= 0.6 is 24.0 Å². The molecule has 0 saturated carbocycles. The van der Waals surface area contributed by atoms with Crippen LogP contribution in [0.5, 0.6) is 5.75 Å². The normalized spacial score (nSPS) is 14.6. The minimum atomic E-state index is -0.507. The first kappa shape index (κ1) is 23.5. The van der Waals surface area contributed by atoms with Crippen LogP contribution in [0.2, 0.25) is 0 Å². The van der Waals surface area contributed by atoms with Crippen LogP contribution in [0.3, 0.4) is 0 Å². The number of hydrogen-bond donors (Lipinski definition) is 3. The molecule has 0 aromatic heterocycles. The Bertz CT molecular complexity index is 1040. The van der Waals surface area contributed by atoms with Crippen molar-refractivity contribution in [1.82, 2.24) is 15.8 Å². The van der Waals surface area contributed by atoms with Crippen LogP contribution in [0.15, 0.2) is 59.5 Å². The van der Waals surface area contributed by atoms with Gasteiger partial charge in [0.2, 0.25) is 5.91 Å². The van der Waals surface area contributed by atoms with Crippen LogP contribution in [-0.4, -0.2) is 38.6 Å². The third kappa shape index (κ3) is 6.66. The quantitative estimate of drug-likeness (QED) is 0.236. The van der Waals surface area contributed by atoms with E-state index in [1.165, 1.54) is 30.0 Å². The first-order valence-corrected chi connectivity index (χ1v) is 11.3. The molecule has 0 radical (unpaired) electrons. The summed E-state index contributed by atoms with van der Waals surface area (Å²) in [5.74, 6) is -0.931. The van der Waals surface area contributed by atoms with Gasteiger partial charge in [0.25, 0.3) is 11.8 Å². The van der Waals surface area contributed by atoms with E-state index >= 15 is 0 Å². The summed E-state index contributed by atoms with van der Waals surface area (Å²) in [7, 11) is 0. The van der Waals surface area contributed by atoms with Gasteiger partial charge in [-0.15, -0.1) is 0 Å². The zero-order chi connectivity index (χ0) is 22.9. The van der Waals surface area contributed by atoms with E-state index < -0.39 is 5.91 Å². The number of amides is 3. The molecular weight excluding hydrogens is 446 g/mol. The van der Waals surface area contributed by atoms with Gasteiger partial charge in [-0.2, -0.15) is 0 Å². The van der Waals surface area contributed by atoms with E-state index in [1.54, 1.807) is 11.0 Å². The molecule has 2 aromatic carbocycles. The number of phenolic OH excluding ortho intramolecular Hbond substituents is 1. The molecular formula is C23H23N3O4S2. The number of thiocarbonyl (C=S) groups is 1. The Kier molecular flexibility index (Phi) is 8.41. The van der Waals surface area contributed by atoms with Gasteiger partial charge in [-0.25, -0.2) is 0 Å². The minimum absolute atomic E-state index is 0.0268. The van der Waals surface area contributed by atoms with Crippen molar-refractivity contribution in [2.45, 2.75) is 25.7 Å². The lowest BCUT2D eigenvalue weighted by molar-refractivity contribution is -0.123. The van der Waals surface area contributed by atoms with Crippen LogP contribution in [0, 0.1) is 0 Å². The Morgan fingerprint density at radius 3 is 2.56 bits per heavy atom. The number of hydrogen-bond acceptors (Lipinski definition) is 6. The summed E-state index contributed by atoms with van der Waals surface area (Å²) >= 11 is 6.65. The number of carbonyl (C=O) groups is 3. The Hall–Kier alpha value is -3.17. The number of nitrogens with one attached hydrogen (secondary N) is 2. The maximum Gasteiger partial charge on any atom is 0.269 e. The molecule has 2 aromatic rings. The lowest BCUT2D eigenvalue weighted by Gasteiger charge is -2.14. The van der Waals surface area contributed by atoms with Gasteiger partial charge in [0.15, 0.2) is 0 Å². The Morgan fingerprint density at radius 2 is 1.81 bits per heavy atom. The monoisotopic (exact) mass is 469 g/mol. The van der Waals surface area contributed by atoms with Crippen molar-refractivity contribution < 1.29 is 19.5 Å². The summed E-state index contributed by atoms with van der Waals surface area (Å²) in [6.07, 6.45) is 4.15. The van der Waals surface area contributed by atoms with Crippen LogP contribution in [-0.2, 0) is 9.59 Å². The Balaban J connectivity index is 1.35. The van der Waals surface area contributed by atoms with Crippen molar-refractivity contribution >= 4 is 52.1 Å². The van der Waals surface area contributed by atoms with E-state index in [9.17, 15) is 19.5 Å². The van der Waals surface area contributed by atoms with Crippen molar-refractivity contribution in [2.75, 3.05) is 6.54 Å². The molecule has 1 heterocycles. The fourth-order valence-corrected chi connectivity index (χ4v) is 4.34. The maximum absolute atomic E-state index is 12.6. The smallest absolute Gasteiger partial charge is 0.269 e. The van der Waals surface area contributed by atoms with Crippen LogP contribution in [0.25, 0.3) is 6.08 Å². The molecule has 166 valence electrons. The average Bonchev–Trinajstić information content (AvgIpc) is 3.05. The molecule has 1 saturated heterocycles. The van der Waals surface area contributed by atoms with Gasteiger partial charge in [0.1, 0.15) is 10.1 Å². The average molecular weight is 470 g/mol. The third-order valence-corrected chi connectivity index (χ3v) is 6.06. The molecule has 3 N–H and O–H groups in total. The van der Waals surface area contributed by atoms with Gasteiger partial charge in [0.05, 0.1) is 4.91 Å². The summed E-state index contributed by atoms with van der Waals surface area (Å²) in [6, 6.07) is 15.5. The van der Waals surface area contributed by atoms with Crippen molar-refractivity contribution in [2.24, 2.45) is 0 Å². The predicted octanol–water partition coefficient (Wildman–Crippen LogP) is 3.62. The number of carbonyl (C=O) groups excluding carboxylic acids is 3. The number of phenols is 1. The van der Waals surface area contributed by atoms with Crippen molar-refractivity contribution in [3.63, 3.8) is 0 Å². The fraction of sp³-hybridized carbons (Fsp3) is 0.217. The fourth-order valence-electron chi connectivity index (χ4n) is 3.03. The van der Waals surface area contributed by atoms with Crippen molar-refractivity contribution in [3.8, 4) is 5.75 Å². The molecule has 3 amide bonds. The molecule has 32 heavy (non-hydrogen) atoms. The van der Waals surface area contributed by atoms with Crippen LogP contribution in [0.1, 0.15) is 41.6 Å². The summed E-state index contributed by atoms with van der Waals surface area (Å²) in [5.41, 5.74) is 5.88. The van der Waals surface area contributed by atoms with Gasteiger partial charge in [0, 0.05) is 18.5 Å². The molecule has 0 aliphatic carbocycles. The lowest BCUT2D eigenvalue weighted by Crippen LogP contribution is -2.41. The van der Waals surface area contributed by atoms with Gasteiger partial charge in [-0.05, 0) is 42.7 Å². The highest BCUT2D eigenvalue weighted by molar-refractivity contribution is 8.26. The minimum Gasteiger partial charge on any atom is -0.508 e. The number of benzene rings is 2. The first-order valence-electron chi connectivity index (χ1n) is 10.1. The highest BCUT2D eigenvalue weighted by Crippen LogP contribution is 2.32. The van der Waals surface area contributed by atoms with E-state index in [0.29, 0.717) is 28.6 Å². The van der Waals surface area contributed by atoms with E-state index in [-0.39, 0.29) is 29.5 Å². The SMILES string of the molecule is O=C(CCCCCN1C(=O)/C(=C/c2ccccc2)SC1=S)NNC(=O)c1cccc(O)c1. The second-order valence-corrected chi connectivity index (χ2v) is 8.78. The highest BCUT2D eigenvalue weighted by Gasteiger charge is 2.31. The van der Waals surface area contributed by atoms with E-state index in [1.807, 2.05) is 36.4 Å². The standard InChI is InChI=1S/C23H23N3O4S2/c27-18-11-7-10-17(15-18)21(29)25-24-20(28)12-5-2-6-13-26-22(30)19(32-23(26)31)14-16-8-3-1-4-9-16/h1,3-4,7-11,14-15,27H,2,5-6,12-13H2,(H,24,28)(H,25,29)/b19-14-. The van der Waals surface area contributed by atoms with Gasteiger partial charge in [-0.1, -0.05) is 66.8 Å². The molecule has 1 aliphatic heterocycles. The Morgan fingerprint density at radius 1 is 1.03 bits per heavy atom. The third-order valence-electron chi connectivity index (χ3n) is 4.68. The number of hydrazine groups is 1. The number of nitrogens with zero attached hydrogens (tertiary/aromatic N) is 1. The molecule has 1 aliphatic rings. The number of aromatic hydroxyl groups is 1. The Labute approximate surface area is 195 Å². The molecule has 0 unspecified atom stereocenters. The molecule has 9 heteroatoms. The summed E-state index contributed by atoms with van der Waals surface area (Å²) in [4.78, 5) is 38.7. The van der Waals surface area contributed by atoms with E-state index in [4.69, 9.17) is 12.2 Å². The summed E-state index contributed by atoms with van der Waals surface area (Å²) < 4.78 is 0.546. The van der Waals surface area contributed by atoms with Crippen molar-refractivity contribution in [3.05, 3.63) is 70.6 Å². The zero-order valence-corrected chi connectivity index (χ0v) is 18.9. The summed E-state index contributed by atoms with van der Waals surface area (Å²) in [6.45, 7) is 0.507. The zero-order valence-electron chi connectivity index (χ0n) is 17.2. The second kappa shape index (κ2) is 11.4. The lowest BCUT2D eigenvalue weighted by atomic mass is 10.2. The highest BCUT2D eigenvalue weighted by atomic mass is 32.2. The largest absolute Gasteiger partial charge is 0.508 e. The van der Waals surface area contributed by atoms with E-state index in [0.717, 1.165) is 12.0 Å². The summed E-state index contributed by atoms with van der Waals surface area (Å²) in [5, 5.41) is 9.39. The molecule has 7 nitrogen and oxygen atoms in total. The molecule has 0 spiro atoms. The number of thioether (sulfide) groups is 1.